The van der Waals surface area contributed by atoms with Crippen molar-refractivity contribution in [3.8, 4) is 0 Å². The molecule has 26 heavy (non-hydrogen) atoms. The first-order valence-corrected chi connectivity index (χ1v) is 8.45. The van der Waals surface area contributed by atoms with E-state index in [1.807, 2.05) is 6.92 Å². The Bertz CT molecular complexity index is 793. The van der Waals surface area contributed by atoms with E-state index in [4.69, 9.17) is 0 Å². The lowest BCUT2D eigenvalue weighted by molar-refractivity contribution is -0.137. The molecule has 0 unspecified atom stereocenters. The van der Waals surface area contributed by atoms with Crippen LogP contribution >= 0.6 is 0 Å². The number of nitrogens with zero attached hydrogens (tertiary/aromatic N) is 3. The van der Waals surface area contributed by atoms with Crippen LogP contribution in [-0.4, -0.2) is 38.8 Å². The number of rotatable bonds is 3. The van der Waals surface area contributed by atoms with Crippen LogP contribution < -0.4 is 0 Å². The number of amides is 1. The standard InChI is InChI=1S/C18H20F3N3O2/c1-2-24-12-13(11-22-24)16(25)23-8-6-17(26,7-9-23)14-4-3-5-15(10-14)18(19,20)21/h3-5,10-12,26H,2,6-9H2,1H3. The molecule has 0 spiro atoms. The number of piperidine rings is 1. The topological polar surface area (TPSA) is 58.4 Å². The number of aliphatic hydroxyl groups is 1. The molecule has 1 fully saturated rings. The summed E-state index contributed by atoms with van der Waals surface area (Å²) in [5.74, 6) is -0.184. The van der Waals surface area contributed by atoms with Crippen molar-refractivity contribution in [2.24, 2.45) is 0 Å². The van der Waals surface area contributed by atoms with Crippen molar-refractivity contribution < 1.29 is 23.1 Å². The summed E-state index contributed by atoms with van der Waals surface area (Å²) >= 11 is 0. The number of carbonyl (C=O) groups is 1. The minimum absolute atomic E-state index is 0.183. The summed E-state index contributed by atoms with van der Waals surface area (Å²) in [5, 5.41) is 14.9. The summed E-state index contributed by atoms with van der Waals surface area (Å²) in [6.07, 6.45) is -0.929. The van der Waals surface area contributed by atoms with E-state index in [9.17, 15) is 23.1 Å². The second kappa shape index (κ2) is 6.75. The largest absolute Gasteiger partial charge is 0.416 e. The Morgan fingerprint density at radius 1 is 1.31 bits per heavy atom. The van der Waals surface area contributed by atoms with E-state index in [0.29, 0.717) is 12.1 Å². The van der Waals surface area contributed by atoms with Crippen molar-refractivity contribution in [2.75, 3.05) is 13.1 Å². The number of hydrogen-bond acceptors (Lipinski definition) is 3. The molecule has 0 atom stereocenters. The summed E-state index contributed by atoms with van der Waals surface area (Å²) in [7, 11) is 0. The fourth-order valence-electron chi connectivity index (χ4n) is 3.18. The van der Waals surface area contributed by atoms with E-state index in [0.717, 1.165) is 12.1 Å². The fourth-order valence-corrected chi connectivity index (χ4v) is 3.18. The van der Waals surface area contributed by atoms with Crippen molar-refractivity contribution in [3.05, 3.63) is 53.3 Å². The Morgan fingerprint density at radius 2 is 2.00 bits per heavy atom. The number of aromatic nitrogens is 2. The third-order valence-corrected chi connectivity index (χ3v) is 4.81. The molecule has 2 aromatic rings. The van der Waals surface area contributed by atoms with Crippen molar-refractivity contribution in [1.29, 1.82) is 0 Å². The molecule has 8 heteroatoms. The molecule has 1 aliphatic rings. The molecule has 0 radical (unpaired) electrons. The molecule has 1 saturated heterocycles. The maximum Gasteiger partial charge on any atom is 0.416 e. The van der Waals surface area contributed by atoms with E-state index in [2.05, 4.69) is 5.10 Å². The highest BCUT2D eigenvalue weighted by atomic mass is 19.4. The number of carbonyl (C=O) groups excluding carboxylic acids is 1. The number of likely N-dealkylation sites (tertiary alicyclic amines) is 1. The molecule has 1 amide bonds. The molecule has 0 saturated carbocycles. The Balaban J connectivity index is 1.72. The number of benzene rings is 1. The van der Waals surface area contributed by atoms with Crippen molar-refractivity contribution >= 4 is 5.91 Å². The molecule has 140 valence electrons. The van der Waals surface area contributed by atoms with E-state index in [-0.39, 0.29) is 37.4 Å². The zero-order valence-corrected chi connectivity index (χ0v) is 14.3. The van der Waals surface area contributed by atoms with Gasteiger partial charge in [-0.05, 0) is 37.5 Å². The quantitative estimate of drug-likeness (QED) is 0.907. The first-order valence-electron chi connectivity index (χ1n) is 8.45. The number of alkyl halides is 3. The third-order valence-electron chi connectivity index (χ3n) is 4.81. The maximum absolute atomic E-state index is 12.9. The lowest BCUT2D eigenvalue weighted by Gasteiger charge is -2.38. The SMILES string of the molecule is CCn1cc(C(=O)N2CCC(O)(c3cccc(C(F)(F)F)c3)CC2)cn1. The summed E-state index contributed by atoms with van der Waals surface area (Å²) < 4.78 is 40.4. The van der Waals surface area contributed by atoms with E-state index < -0.39 is 17.3 Å². The van der Waals surface area contributed by atoms with Crippen LogP contribution in [0.15, 0.2) is 36.7 Å². The van der Waals surface area contributed by atoms with Gasteiger partial charge in [0.2, 0.25) is 0 Å². The van der Waals surface area contributed by atoms with Crippen LogP contribution in [0.25, 0.3) is 0 Å². The van der Waals surface area contributed by atoms with Gasteiger partial charge in [-0.25, -0.2) is 0 Å². The van der Waals surface area contributed by atoms with Gasteiger partial charge in [0, 0.05) is 25.8 Å². The lowest BCUT2D eigenvalue weighted by atomic mass is 9.83. The van der Waals surface area contributed by atoms with Gasteiger partial charge in [-0.15, -0.1) is 0 Å². The van der Waals surface area contributed by atoms with Crippen LogP contribution in [0.1, 0.15) is 41.3 Å². The molecule has 1 aromatic heterocycles. The number of hydrogen-bond donors (Lipinski definition) is 1. The van der Waals surface area contributed by atoms with Gasteiger partial charge < -0.3 is 10.0 Å². The number of aryl methyl sites for hydroxylation is 1. The van der Waals surface area contributed by atoms with E-state index in [1.54, 1.807) is 15.8 Å². The van der Waals surface area contributed by atoms with Gasteiger partial charge in [0.15, 0.2) is 0 Å². The van der Waals surface area contributed by atoms with Gasteiger partial charge in [-0.2, -0.15) is 18.3 Å². The Morgan fingerprint density at radius 3 is 2.58 bits per heavy atom. The Hall–Kier alpha value is -2.35. The van der Waals surface area contributed by atoms with Crippen LogP contribution in [0, 0.1) is 0 Å². The van der Waals surface area contributed by atoms with Crippen LogP contribution in [0.5, 0.6) is 0 Å². The minimum Gasteiger partial charge on any atom is -0.385 e. The predicted molar refractivity (Wildman–Crippen MR) is 88.4 cm³/mol. The molecule has 5 nitrogen and oxygen atoms in total. The van der Waals surface area contributed by atoms with Gasteiger partial charge in [0.1, 0.15) is 0 Å². The van der Waals surface area contributed by atoms with Crippen LogP contribution in [0.2, 0.25) is 0 Å². The maximum atomic E-state index is 12.9. The normalized spacial score (nSPS) is 17.3. The first kappa shape index (κ1) is 18.4. The van der Waals surface area contributed by atoms with Gasteiger partial charge in [-0.1, -0.05) is 12.1 Å². The highest BCUT2D eigenvalue weighted by Crippen LogP contribution is 2.37. The highest BCUT2D eigenvalue weighted by Gasteiger charge is 2.38. The van der Waals surface area contributed by atoms with Gasteiger partial charge >= 0.3 is 6.18 Å². The molecule has 0 aliphatic carbocycles. The molecule has 1 aliphatic heterocycles. The monoisotopic (exact) mass is 367 g/mol. The van der Waals surface area contributed by atoms with E-state index >= 15 is 0 Å². The predicted octanol–water partition coefficient (Wildman–Crippen LogP) is 3.05. The van der Waals surface area contributed by atoms with Gasteiger partial charge in [0.05, 0.1) is 22.9 Å². The van der Waals surface area contributed by atoms with Gasteiger partial charge in [-0.3, -0.25) is 9.48 Å². The van der Waals surface area contributed by atoms with Gasteiger partial charge in [0.25, 0.3) is 5.91 Å². The van der Waals surface area contributed by atoms with Crippen LogP contribution in [0.3, 0.4) is 0 Å². The van der Waals surface area contributed by atoms with E-state index in [1.165, 1.54) is 18.3 Å². The highest BCUT2D eigenvalue weighted by molar-refractivity contribution is 5.93. The number of halogens is 3. The van der Waals surface area contributed by atoms with Crippen LogP contribution in [-0.2, 0) is 18.3 Å². The molecular weight excluding hydrogens is 347 g/mol. The molecule has 1 aromatic carbocycles. The third kappa shape index (κ3) is 3.60. The summed E-state index contributed by atoms with van der Waals surface area (Å²) in [4.78, 5) is 14.1. The zero-order valence-electron chi connectivity index (χ0n) is 14.3. The average molecular weight is 367 g/mol. The fraction of sp³-hybridized carbons (Fsp3) is 0.444. The van der Waals surface area contributed by atoms with Crippen LogP contribution in [0.4, 0.5) is 13.2 Å². The summed E-state index contributed by atoms with van der Waals surface area (Å²) in [6, 6.07) is 4.77. The van der Waals surface area contributed by atoms with Crippen molar-refractivity contribution in [3.63, 3.8) is 0 Å². The Kier molecular flexibility index (Phi) is 4.79. The summed E-state index contributed by atoms with van der Waals surface area (Å²) in [5.41, 5.74) is -1.45. The smallest absolute Gasteiger partial charge is 0.385 e. The minimum atomic E-state index is -4.46. The molecule has 3 rings (SSSR count). The Labute approximate surface area is 149 Å². The molecule has 0 bridgehead atoms. The average Bonchev–Trinajstić information content (AvgIpc) is 3.10. The second-order valence-corrected chi connectivity index (χ2v) is 6.49. The van der Waals surface area contributed by atoms with Crippen molar-refractivity contribution in [1.82, 2.24) is 14.7 Å². The zero-order chi connectivity index (χ0) is 18.9. The molecule has 2 heterocycles. The summed E-state index contributed by atoms with van der Waals surface area (Å²) in [6.45, 7) is 3.10. The first-order chi connectivity index (χ1) is 12.2. The van der Waals surface area contributed by atoms with Crippen molar-refractivity contribution in [2.45, 2.75) is 38.1 Å². The lowest BCUT2D eigenvalue weighted by Crippen LogP contribution is -2.45. The molecular formula is C18H20F3N3O2. The molecule has 1 N–H and O–H groups in total. The second-order valence-electron chi connectivity index (χ2n) is 6.49.